The van der Waals surface area contributed by atoms with Crippen LogP contribution in [0.2, 0.25) is 0 Å². The molecule has 0 aliphatic carbocycles. The lowest BCUT2D eigenvalue weighted by Gasteiger charge is -2.11. The second kappa shape index (κ2) is 5.25. The highest BCUT2D eigenvalue weighted by molar-refractivity contribution is 5.29. The zero-order valence-electron chi connectivity index (χ0n) is 8.96. The summed E-state index contributed by atoms with van der Waals surface area (Å²) in [7, 11) is 0. The molecular formula is C12H15F2NO. The molecule has 0 aromatic heterocycles. The second-order valence-corrected chi connectivity index (χ2v) is 3.92. The van der Waals surface area contributed by atoms with Crippen molar-refractivity contribution in [3.8, 4) is 5.75 Å². The largest absolute Gasteiger partial charge is 0.488 e. The minimum absolute atomic E-state index is 0.407. The van der Waals surface area contributed by atoms with Gasteiger partial charge in [-0.15, -0.1) is 0 Å². The SMILES string of the molecule is FC(F)COc1ccc(C2CCCN2)cc1. The molecule has 2 nitrogen and oxygen atoms in total. The van der Waals surface area contributed by atoms with E-state index < -0.39 is 13.0 Å². The summed E-state index contributed by atoms with van der Waals surface area (Å²) in [6.45, 7) is 0.509. The van der Waals surface area contributed by atoms with E-state index in [2.05, 4.69) is 5.32 Å². The van der Waals surface area contributed by atoms with Gasteiger partial charge in [-0.05, 0) is 37.1 Å². The van der Waals surface area contributed by atoms with Gasteiger partial charge < -0.3 is 10.1 Å². The molecule has 1 atom stereocenters. The first-order valence-electron chi connectivity index (χ1n) is 5.50. The van der Waals surface area contributed by atoms with Crippen molar-refractivity contribution >= 4 is 0 Å². The highest BCUT2D eigenvalue weighted by Crippen LogP contribution is 2.24. The number of alkyl halides is 2. The molecule has 1 heterocycles. The molecule has 1 aromatic rings. The number of ether oxygens (including phenoxy) is 1. The number of hydrogen-bond acceptors (Lipinski definition) is 2. The maximum Gasteiger partial charge on any atom is 0.272 e. The van der Waals surface area contributed by atoms with Crippen LogP contribution in [-0.2, 0) is 0 Å². The van der Waals surface area contributed by atoms with Crippen molar-refractivity contribution in [3.05, 3.63) is 29.8 Å². The Kier molecular flexibility index (Phi) is 3.72. The zero-order valence-corrected chi connectivity index (χ0v) is 8.96. The van der Waals surface area contributed by atoms with Crippen LogP contribution in [0.15, 0.2) is 24.3 Å². The van der Waals surface area contributed by atoms with Gasteiger partial charge in [-0.3, -0.25) is 0 Å². The van der Waals surface area contributed by atoms with Gasteiger partial charge in [0.05, 0.1) is 0 Å². The molecule has 1 unspecified atom stereocenters. The Morgan fingerprint density at radius 2 is 2.06 bits per heavy atom. The molecule has 0 spiro atoms. The normalized spacial score (nSPS) is 20.3. The summed E-state index contributed by atoms with van der Waals surface area (Å²) >= 11 is 0. The average molecular weight is 227 g/mol. The van der Waals surface area contributed by atoms with Crippen LogP contribution in [0.5, 0.6) is 5.75 Å². The Morgan fingerprint density at radius 3 is 2.62 bits per heavy atom. The minimum Gasteiger partial charge on any atom is -0.488 e. The summed E-state index contributed by atoms with van der Waals surface area (Å²) in [5.41, 5.74) is 1.20. The van der Waals surface area contributed by atoms with Gasteiger partial charge in [0.2, 0.25) is 0 Å². The van der Waals surface area contributed by atoms with E-state index >= 15 is 0 Å². The zero-order chi connectivity index (χ0) is 11.4. The van der Waals surface area contributed by atoms with Crippen LogP contribution in [0.25, 0.3) is 0 Å². The van der Waals surface area contributed by atoms with E-state index in [1.807, 2.05) is 12.1 Å². The summed E-state index contributed by atoms with van der Waals surface area (Å²) in [6.07, 6.45) is -0.0953. The third kappa shape index (κ3) is 2.92. The molecule has 1 aromatic carbocycles. The summed E-state index contributed by atoms with van der Waals surface area (Å²) in [5.74, 6) is 0.502. The van der Waals surface area contributed by atoms with Crippen molar-refractivity contribution in [2.45, 2.75) is 25.3 Å². The van der Waals surface area contributed by atoms with Gasteiger partial charge in [-0.25, -0.2) is 8.78 Å². The molecule has 2 rings (SSSR count). The Balaban J connectivity index is 1.93. The Morgan fingerprint density at radius 1 is 1.31 bits per heavy atom. The van der Waals surface area contributed by atoms with Gasteiger partial charge in [-0.1, -0.05) is 12.1 Å². The van der Waals surface area contributed by atoms with Crippen molar-refractivity contribution in [2.75, 3.05) is 13.2 Å². The predicted molar refractivity (Wildman–Crippen MR) is 57.9 cm³/mol. The number of benzene rings is 1. The van der Waals surface area contributed by atoms with Crippen LogP contribution in [0.4, 0.5) is 8.78 Å². The minimum atomic E-state index is -2.42. The van der Waals surface area contributed by atoms with E-state index in [-0.39, 0.29) is 0 Å². The van der Waals surface area contributed by atoms with Crippen molar-refractivity contribution in [3.63, 3.8) is 0 Å². The standard InChI is InChI=1S/C12H15F2NO/c13-12(14)8-16-10-5-3-9(4-6-10)11-2-1-7-15-11/h3-6,11-12,15H,1-2,7-8H2. The molecule has 0 radical (unpaired) electrons. The van der Waals surface area contributed by atoms with Gasteiger partial charge in [0, 0.05) is 6.04 Å². The van der Waals surface area contributed by atoms with Gasteiger partial charge >= 0.3 is 0 Å². The fourth-order valence-electron chi connectivity index (χ4n) is 1.92. The van der Waals surface area contributed by atoms with E-state index in [1.165, 1.54) is 12.0 Å². The van der Waals surface area contributed by atoms with Gasteiger partial charge in [0.25, 0.3) is 6.43 Å². The van der Waals surface area contributed by atoms with Crippen LogP contribution < -0.4 is 10.1 Å². The fraction of sp³-hybridized carbons (Fsp3) is 0.500. The van der Waals surface area contributed by atoms with E-state index in [1.54, 1.807) is 12.1 Å². The van der Waals surface area contributed by atoms with Crippen LogP contribution in [0.1, 0.15) is 24.4 Å². The lowest BCUT2D eigenvalue weighted by Crippen LogP contribution is -2.12. The first kappa shape index (κ1) is 11.3. The molecular weight excluding hydrogens is 212 g/mol. The molecule has 1 aliphatic rings. The van der Waals surface area contributed by atoms with Crippen molar-refractivity contribution in [2.24, 2.45) is 0 Å². The summed E-state index contributed by atoms with van der Waals surface area (Å²) in [5, 5.41) is 3.38. The van der Waals surface area contributed by atoms with Gasteiger partial charge in [0.15, 0.2) is 0 Å². The smallest absolute Gasteiger partial charge is 0.272 e. The van der Waals surface area contributed by atoms with E-state index in [9.17, 15) is 8.78 Å². The topological polar surface area (TPSA) is 21.3 Å². The van der Waals surface area contributed by atoms with Gasteiger partial charge in [0.1, 0.15) is 12.4 Å². The van der Waals surface area contributed by atoms with Crippen molar-refractivity contribution in [1.82, 2.24) is 5.32 Å². The number of nitrogens with one attached hydrogen (secondary N) is 1. The van der Waals surface area contributed by atoms with Crippen LogP contribution >= 0.6 is 0 Å². The molecule has 0 bridgehead atoms. The fourth-order valence-corrected chi connectivity index (χ4v) is 1.92. The molecule has 1 fully saturated rings. The third-order valence-electron chi connectivity index (χ3n) is 2.72. The van der Waals surface area contributed by atoms with Crippen molar-refractivity contribution in [1.29, 1.82) is 0 Å². The lowest BCUT2D eigenvalue weighted by atomic mass is 10.1. The van der Waals surface area contributed by atoms with E-state index in [4.69, 9.17) is 4.74 Å². The summed E-state index contributed by atoms with van der Waals surface area (Å²) in [4.78, 5) is 0. The molecule has 0 amide bonds. The van der Waals surface area contributed by atoms with Crippen LogP contribution in [-0.4, -0.2) is 19.6 Å². The Bertz CT molecular complexity index is 320. The highest BCUT2D eigenvalue weighted by Gasteiger charge is 2.15. The summed E-state index contributed by atoms with van der Waals surface area (Å²) < 4.78 is 28.7. The van der Waals surface area contributed by atoms with E-state index in [0.29, 0.717) is 11.8 Å². The highest BCUT2D eigenvalue weighted by atomic mass is 19.3. The maximum atomic E-state index is 11.9. The molecule has 1 aliphatic heterocycles. The Hall–Kier alpha value is -1.16. The lowest BCUT2D eigenvalue weighted by molar-refractivity contribution is 0.0819. The molecule has 88 valence electrons. The molecule has 1 saturated heterocycles. The van der Waals surface area contributed by atoms with Gasteiger partial charge in [-0.2, -0.15) is 0 Å². The molecule has 0 saturated carbocycles. The molecule has 4 heteroatoms. The first-order valence-corrected chi connectivity index (χ1v) is 5.50. The number of rotatable bonds is 4. The average Bonchev–Trinajstić information content (AvgIpc) is 2.80. The second-order valence-electron chi connectivity index (χ2n) is 3.92. The third-order valence-corrected chi connectivity index (χ3v) is 2.72. The molecule has 16 heavy (non-hydrogen) atoms. The monoisotopic (exact) mass is 227 g/mol. The van der Waals surface area contributed by atoms with E-state index in [0.717, 1.165) is 13.0 Å². The van der Waals surface area contributed by atoms with Crippen molar-refractivity contribution < 1.29 is 13.5 Å². The van der Waals surface area contributed by atoms with Crippen LogP contribution in [0.3, 0.4) is 0 Å². The summed E-state index contributed by atoms with van der Waals surface area (Å²) in [6, 6.07) is 7.77. The van der Waals surface area contributed by atoms with Crippen LogP contribution in [0, 0.1) is 0 Å². The quantitative estimate of drug-likeness (QED) is 0.854. The number of hydrogen-bond donors (Lipinski definition) is 1. The molecule has 1 N–H and O–H groups in total. The maximum absolute atomic E-state index is 11.9. The predicted octanol–water partition coefficient (Wildman–Crippen LogP) is 2.76. The first-order chi connectivity index (χ1) is 7.75. The Labute approximate surface area is 93.6 Å². The number of halogens is 2.